The van der Waals surface area contributed by atoms with Gasteiger partial charge in [0.2, 0.25) is 10.0 Å². The Kier molecular flexibility index (Phi) is 8.53. The maximum absolute atomic E-state index is 11.0. The molecule has 0 aliphatic carbocycles. The summed E-state index contributed by atoms with van der Waals surface area (Å²) in [6, 6.07) is 0. The smallest absolute Gasteiger partial charge is 0.208 e. The summed E-state index contributed by atoms with van der Waals surface area (Å²) < 4.78 is 30.1. The molecule has 1 atom stereocenters. The maximum atomic E-state index is 11.0. The second-order valence-electron chi connectivity index (χ2n) is 6.23. The zero-order chi connectivity index (χ0) is 16.1. The highest BCUT2D eigenvalue weighted by Gasteiger charge is 2.42. The van der Waals surface area contributed by atoms with Gasteiger partial charge < -0.3 is 15.0 Å². The Morgan fingerprint density at radius 1 is 1.39 bits per heavy atom. The first-order valence-corrected chi connectivity index (χ1v) is 9.89. The summed E-state index contributed by atoms with van der Waals surface area (Å²) in [4.78, 5) is 6.93. The van der Waals surface area contributed by atoms with Crippen molar-refractivity contribution in [2.75, 3.05) is 52.2 Å². The number of halogens is 1. The van der Waals surface area contributed by atoms with Gasteiger partial charge in [-0.2, -0.15) is 0 Å². The van der Waals surface area contributed by atoms with Crippen LogP contribution in [0.4, 0.5) is 0 Å². The molecule has 0 aromatic carbocycles. The number of likely N-dealkylation sites (tertiary alicyclic amines) is 1. The Balaban J connectivity index is 0.00000264. The molecule has 2 rings (SSSR count). The molecule has 1 spiro atoms. The SMILES string of the molecule is CCNC(=NCCCNS(C)(=O)=O)N1CCC2(CCOC2)C1.I. The molecule has 2 aliphatic rings. The molecule has 2 fully saturated rings. The Morgan fingerprint density at radius 2 is 2.17 bits per heavy atom. The molecule has 7 nitrogen and oxygen atoms in total. The molecule has 23 heavy (non-hydrogen) atoms. The van der Waals surface area contributed by atoms with Crippen LogP contribution in [0.1, 0.15) is 26.2 Å². The van der Waals surface area contributed by atoms with E-state index in [4.69, 9.17) is 4.74 Å². The van der Waals surface area contributed by atoms with Crippen molar-refractivity contribution in [2.45, 2.75) is 26.2 Å². The standard InChI is InChI=1S/C14H28N4O3S.HI/c1-3-15-13(16-7-4-8-17-22(2,19)20)18-9-5-14(11-18)6-10-21-12-14;/h17H,3-12H2,1-2H3,(H,15,16);1H. The monoisotopic (exact) mass is 460 g/mol. The van der Waals surface area contributed by atoms with E-state index in [1.807, 2.05) is 0 Å². The summed E-state index contributed by atoms with van der Waals surface area (Å²) in [5.41, 5.74) is 0.314. The molecule has 136 valence electrons. The quantitative estimate of drug-likeness (QED) is 0.263. The van der Waals surface area contributed by atoms with Gasteiger partial charge in [-0.3, -0.25) is 4.99 Å². The Bertz CT molecular complexity index is 492. The normalized spacial score (nSPS) is 25.0. The Hall–Kier alpha value is -0.130. The molecule has 0 radical (unpaired) electrons. The lowest BCUT2D eigenvalue weighted by Crippen LogP contribution is -2.41. The van der Waals surface area contributed by atoms with E-state index in [0.717, 1.165) is 51.6 Å². The van der Waals surface area contributed by atoms with Crippen LogP contribution in [0.3, 0.4) is 0 Å². The van der Waals surface area contributed by atoms with Gasteiger partial charge in [-0.15, -0.1) is 24.0 Å². The second-order valence-corrected chi connectivity index (χ2v) is 8.06. The van der Waals surface area contributed by atoms with Crippen molar-refractivity contribution >= 4 is 40.0 Å². The molecule has 0 amide bonds. The lowest BCUT2D eigenvalue weighted by molar-refractivity contribution is 0.156. The molecule has 0 aromatic rings. The van der Waals surface area contributed by atoms with Crippen LogP contribution >= 0.6 is 24.0 Å². The number of hydrogen-bond donors (Lipinski definition) is 2. The number of nitrogens with zero attached hydrogens (tertiary/aromatic N) is 2. The highest BCUT2D eigenvalue weighted by atomic mass is 127. The van der Waals surface area contributed by atoms with Gasteiger partial charge in [0.15, 0.2) is 5.96 Å². The minimum Gasteiger partial charge on any atom is -0.381 e. The van der Waals surface area contributed by atoms with Crippen LogP contribution in [0.25, 0.3) is 0 Å². The summed E-state index contributed by atoms with van der Waals surface area (Å²) in [6.45, 7) is 7.69. The number of nitrogens with one attached hydrogen (secondary N) is 2. The zero-order valence-electron chi connectivity index (χ0n) is 14.0. The van der Waals surface area contributed by atoms with E-state index in [1.165, 1.54) is 6.26 Å². The Morgan fingerprint density at radius 3 is 2.78 bits per heavy atom. The number of ether oxygens (including phenoxy) is 1. The molecule has 0 saturated carbocycles. The minimum absolute atomic E-state index is 0. The van der Waals surface area contributed by atoms with Crippen molar-refractivity contribution in [1.82, 2.24) is 14.9 Å². The third kappa shape index (κ3) is 6.71. The summed E-state index contributed by atoms with van der Waals surface area (Å²) in [5.74, 6) is 0.936. The molecule has 2 aliphatic heterocycles. The largest absolute Gasteiger partial charge is 0.381 e. The first-order valence-electron chi connectivity index (χ1n) is 8.00. The molecule has 0 aromatic heterocycles. The molecule has 0 bridgehead atoms. The number of guanidine groups is 1. The first-order chi connectivity index (χ1) is 10.4. The van der Waals surface area contributed by atoms with Gasteiger partial charge in [-0.1, -0.05) is 0 Å². The van der Waals surface area contributed by atoms with E-state index in [2.05, 4.69) is 26.9 Å². The number of sulfonamides is 1. The van der Waals surface area contributed by atoms with Crippen molar-refractivity contribution in [1.29, 1.82) is 0 Å². The predicted octanol–water partition coefficient (Wildman–Crippen LogP) is 0.622. The fraction of sp³-hybridized carbons (Fsp3) is 0.929. The highest BCUT2D eigenvalue weighted by molar-refractivity contribution is 14.0. The predicted molar refractivity (Wildman–Crippen MR) is 103 cm³/mol. The van der Waals surface area contributed by atoms with Crippen LogP contribution in [-0.4, -0.2) is 71.5 Å². The number of hydrogen-bond acceptors (Lipinski definition) is 4. The van der Waals surface area contributed by atoms with Gasteiger partial charge >= 0.3 is 0 Å². The molecular weight excluding hydrogens is 431 g/mol. The summed E-state index contributed by atoms with van der Waals surface area (Å²) >= 11 is 0. The fourth-order valence-corrected chi connectivity index (χ4v) is 3.55. The van der Waals surface area contributed by atoms with Crippen molar-refractivity contribution in [2.24, 2.45) is 10.4 Å². The van der Waals surface area contributed by atoms with Gasteiger partial charge in [-0.05, 0) is 26.2 Å². The van der Waals surface area contributed by atoms with E-state index in [1.54, 1.807) is 0 Å². The molecular formula is C14H29IN4O3S. The van der Waals surface area contributed by atoms with E-state index < -0.39 is 10.0 Å². The number of aliphatic imine (C=N–C) groups is 1. The number of rotatable bonds is 6. The van der Waals surface area contributed by atoms with Gasteiger partial charge in [0.25, 0.3) is 0 Å². The average Bonchev–Trinajstić information content (AvgIpc) is 3.07. The third-order valence-electron chi connectivity index (χ3n) is 4.22. The summed E-state index contributed by atoms with van der Waals surface area (Å²) in [6.07, 6.45) is 4.17. The van der Waals surface area contributed by atoms with E-state index in [9.17, 15) is 8.42 Å². The van der Waals surface area contributed by atoms with Crippen LogP contribution in [0.5, 0.6) is 0 Å². The second kappa shape index (κ2) is 9.38. The summed E-state index contributed by atoms with van der Waals surface area (Å²) in [7, 11) is -3.10. The van der Waals surface area contributed by atoms with Crippen molar-refractivity contribution in [3.8, 4) is 0 Å². The van der Waals surface area contributed by atoms with Crippen LogP contribution in [-0.2, 0) is 14.8 Å². The van der Waals surface area contributed by atoms with Crippen molar-refractivity contribution in [3.05, 3.63) is 0 Å². The van der Waals surface area contributed by atoms with Crippen LogP contribution in [0.15, 0.2) is 4.99 Å². The van der Waals surface area contributed by atoms with Crippen LogP contribution in [0, 0.1) is 5.41 Å². The minimum atomic E-state index is -3.10. The molecule has 9 heteroatoms. The van der Waals surface area contributed by atoms with Gasteiger partial charge in [0.05, 0.1) is 12.9 Å². The van der Waals surface area contributed by atoms with E-state index in [0.29, 0.717) is 24.9 Å². The Labute approximate surface area is 156 Å². The van der Waals surface area contributed by atoms with Crippen molar-refractivity contribution in [3.63, 3.8) is 0 Å². The van der Waals surface area contributed by atoms with Gasteiger partial charge in [-0.25, -0.2) is 13.1 Å². The van der Waals surface area contributed by atoms with Gasteiger partial charge in [0, 0.05) is 44.7 Å². The van der Waals surface area contributed by atoms with E-state index in [-0.39, 0.29) is 24.0 Å². The van der Waals surface area contributed by atoms with E-state index >= 15 is 0 Å². The summed E-state index contributed by atoms with van der Waals surface area (Å²) in [5, 5.41) is 3.33. The molecule has 2 saturated heterocycles. The molecule has 1 unspecified atom stereocenters. The molecule has 2 N–H and O–H groups in total. The van der Waals surface area contributed by atoms with Crippen molar-refractivity contribution < 1.29 is 13.2 Å². The highest BCUT2D eigenvalue weighted by Crippen LogP contribution is 2.38. The topological polar surface area (TPSA) is 83.0 Å². The fourth-order valence-electron chi connectivity index (χ4n) is 3.03. The average molecular weight is 460 g/mol. The zero-order valence-corrected chi connectivity index (χ0v) is 17.2. The maximum Gasteiger partial charge on any atom is 0.208 e. The molecule has 2 heterocycles. The first kappa shape index (κ1) is 20.9. The van der Waals surface area contributed by atoms with Crippen LogP contribution < -0.4 is 10.0 Å². The van der Waals surface area contributed by atoms with Gasteiger partial charge in [0.1, 0.15) is 0 Å². The lowest BCUT2D eigenvalue weighted by atomic mass is 9.87. The third-order valence-corrected chi connectivity index (χ3v) is 4.95. The lowest BCUT2D eigenvalue weighted by Gasteiger charge is -2.25. The van der Waals surface area contributed by atoms with Crippen LogP contribution in [0.2, 0.25) is 0 Å².